The third kappa shape index (κ3) is 3.29. The Kier molecular flexibility index (Phi) is 4.17. The van der Waals surface area contributed by atoms with Crippen molar-refractivity contribution in [3.63, 3.8) is 0 Å². The van der Waals surface area contributed by atoms with Gasteiger partial charge in [-0.3, -0.25) is 0 Å². The van der Waals surface area contributed by atoms with Gasteiger partial charge >= 0.3 is 21.2 Å². The summed E-state index contributed by atoms with van der Waals surface area (Å²) in [4.78, 5) is 11.0. The summed E-state index contributed by atoms with van der Waals surface area (Å²) in [5.41, 5.74) is 0.296. The Labute approximate surface area is 118 Å². The largest absolute Gasteiger partial charge is 0.545 e. The maximum atomic E-state index is 11.0. The minimum Gasteiger partial charge on any atom is -0.545 e. The van der Waals surface area contributed by atoms with Crippen LogP contribution in [0.4, 0.5) is 0 Å². The summed E-state index contributed by atoms with van der Waals surface area (Å²) in [6.07, 6.45) is 0. The summed E-state index contributed by atoms with van der Waals surface area (Å²) >= 11 is 2.87. The zero-order chi connectivity index (χ0) is 12.3. The van der Waals surface area contributed by atoms with Crippen LogP contribution in [0.15, 0.2) is 53.0 Å². The Morgan fingerprint density at radius 2 is 1.82 bits per heavy atom. The normalized spacial score (nSPS) is 10.2. The number of hydrogen-bond acceptors (Lipinski definition) is 2. The number of rotatable bonds is 3. The van der Waals surface area contributed by atoms with Gasteiger partial charge < -0.3 is 9.90 Å². The summed E-state index contributed by atoms with van der Waals surface area (Å²) in [5, 5.41) is 11.0. The van der Waals surface area contributed by atoms with Crippen LogP contribution in [0.1, 0.15) is 10.4 Å². The minimum atomic E-state index is -1.11. The molecule has 0 radical (unpaired) electrons. The molecule has 0 aliphatic rings. The first-order valence-electron chi connectivity index (χ1n) is 4.87. The Balaban J connectivity index is 2.37. The first-order chi connectivity index (χ1) is 8.16. The smallest absolute Gasteiger partial charge is 0.358 e. The predicted octanol–water partition coefficient (Wildman–Crippen LogP) is -1.06. The van der Waals surface area contributed by atoms with Crippen LogP contribution >= 0.6 is 15.9 Å². The third-order valence-electron chi connectivity index (χ3n) is 2.10. The van der Waals surface area contributed by atoms with Crippen molar-refractivity contribution in [2.24, 2.45) is 0 Å². The second-order valence-corrected chi connectivity index (χ2v) is 7.16. The highest BCUT2D eigenvalue weighted by Crippen LogP contribution is 2.10. The molecule has 4 heteroatoms. The number of carbonyl (C=O) groups is 1. The van der Waals surface area contributed by atoms with Crippen molar-refractivity contribution < 1.29 is 31.1 Å². The van der Waals surface area contributed by atoms with Gasteiger partial charge in [0.05, 0.1) is 11.5 Å². The number of carboxylic acids is 1. The first kappa shape index (κ1) is 12.6. The van der Waals surface area contributed by atoms with Crippen LogP contribution in [-0.2, 0) is 0 Å². The summed E-state index contributed by atoms with van der Waals surface area (Å²) < 4.78 is 2.95. The fourth-order valence-corrected chi connectivity index (χ4v) is 4.74. The number of carbonyl (C=O) groups excluding carboxylic acids is 1. The lowest BCUT2D eigenvalue weighted by Crippen LogP contribution is -3.61. The molecule has 2 nitrogen and oxygen atoms in total. The molecule has 0 spiro atoms. The van der Waals surface area contributed by atoms with E-state index in [9.17, 15) is 9.90 Å². The molecule has 2 aromatic carbocycles. The number of benzene rings is 2. The molecular formula is C13H8BrIO2. The third-order valence-corrected chi connectivity index (χ3v) is 5.40. The van der Waals surface area contributed by atoms with Crippen LogP contribution < -0.4 is 26.3 Å². The van der Waals surface area contributed by atoms with E-state index >= 15 is 0 Å². The lowest BCUT2D eigenvalue weighted by Gasteiger charge is -2.02. The maximum absolute atomic E-state index is 11.0. The molecule has 0 heterocycles. The fraction of sp³-hybridized carbons (Fsp3) is 0. The second-order valence-electron chi connectivity index (χ2n) is 3.30. The van der Waals surface area contributed by atoms with E-state index in [-0.39, 0.29) is 0 Å². The Hall–Kier alpha value is -0.880. The number of halogens is 2. The lowest BCUT2D eigenvalue weighted by molar-refractivity contribution is -0.598. The van der Waals surface area contributed by atoms with E-state index in [1.807, 2.05) is 36.4 Å². The monoisotopic (exact) mass is 402 g/mol. The molecule has 0 amide bonds. The topological polar surface area (TPSA) is 40.1 Å². The van der Waals surface area contributed by atoms with Crippen LogP contribution in [-0.4, -0.2) is 5.97 Å². The van der Waals surface area contributed by atoms with Gasteiger partial charge in [0, 0.05) is 10.5 Å². The van der Waals surface area contributed by atoms with Gasteiger partial charge in [-0.15, -0.1) is 0 Å². The summed E-state index contributed by atoms with van der Waals surface area (Å²) in [7, 11) is 0. The van der Waals surface area contributed by atoms with Gasteiger partial charge in [-0.2, -0.15) is 0 Å². The Morgan fingerprint density at radius 1 is 1.12 bits per heavy atom. The van der Waals surface area contributed by atoms with Crippen LogP contribution in [0.5, 0.6) is 0 Å². The quantitative estimate of drug-likeness (QED) is 0.614. The Bertz CT molecular complexity index is 540. The molecule has 86 valence electrons. The van der Waals surface area contributed by atoms with Crippen LogP contribution in [0.25, 0.3) is 0 Å². The van der Waals surface area contributed by atoms with E-state index < -0.39 is 27.2 Å². The van der Waals surface area contributed by atoms with Gasteiger partial charge in [-0.1, -0.05) is 34.1 Å². The van der Waals surface area contributed by atoms with E-state index in [4.69, 9.17) is 0 Å². The fourth-order valence-electron chi connectivity index (χ4n) is 1.33. The van der Waals surface area contributed by atoms with Crippen molar-refractivity contribution in [3.05, 3.63) is 65.7 Å². The molecule has 0 aromatic heterocycles. The van der Waals surface area contributed by atoms with Gasteiger partial charge in [0.15, 0.2) is 3.57 Å². The number of aromatic carboxylic acids is 1. The van der Waals surface area contributed by atoms with Crippen molar-refractivity contribution in [2.75, 3.05) is 0 Å². The van der Waals surface area contributed by atoms with Gasteiger partial charge in [0.25, 0.3) is 0 Å². The SMILES string of the molecule is O=C([O-])c1ccc(Br)cc1[I+]c1ccccc1. The maximum Gasteiger partial charge on any atom is 0.358 e. The van der Waals surface area contributed by atoms with Gasteiger partial charge in [-0.25, -0.2) is 0 Å². The number of hydrogen-bond donors (Lipinski definition) is 0. The first-order valence-corrected chi connectivity index (χ1v) is 7.82. The Morgan fingerprint density at radius 3 is 2.47 bits per heavy atom. The van der Waals surface area contributed by atoms with Gasteiger partial charge in [-0.05, 0) is 24.3 Å². The van der Waals surface area contributed by atoms with E-state index in [2.05, 4.69) is 15.9 Å². The van der Waals surface area contributed by atoms with E-state index in [0.717, 1.165) is 8.04 Å². The molecule has 17 heavy (non-hydrogen) atoms. The van der Waals surface area contributed by atoms with Crippen LogP contribution in [0.3, 0.4) is 0 Å². The minimum absolute atomic E-state index is 0.296. The van der Waals surface area contributed by atoms with Crippen molar-refractivity contribution in [1.29, 1.82) is 0 Å². The molecule has 0 N–H and O–H groups in total. The summed E-state index contributed by atoms with van der Waals surface area (Å²) in [6.45, 7) is 0. The summed E-state index contributed by atoms with van der Waals surface area (Å²) in [5.74, 6) is -1.11. The molecule has 0 fully saturated rings. The molecule has 2 aromatic rings. The molecule has 0 aliphatic heterocycles. The van der Waals surface area contributed by atoms with Crippen molar-refractivity contribution in [3.8, 4) is 0 Å². The summed E-state index contributed by atoms with van der Waals surface area (Å²) in [6, 6.07) is 15.1. The van der Waals surface area contributed by atoms with Gasteiger partial charge in [0.1, 0.15) is 0 Å². The standard InChI is InChI=1S/C13H8BrIO2/c14-9-6-7-11(13(16)17)12(8-9)15-10-4-2-1-3-5-10/h1-8H. The number of carboxylic acid groups (broad SMARTS) is 1. The molecular weight excluding hydrogens is 395 g/mol. The van der Waals surface area contributed by atoms with Crippen LogP contribution in [0, 0.1) is 7.14 Å². The van der Waals surface area contributed by atoms with Crippen molar-refractivity contribution in [1.82, 2.24) is 0 Å². The molecule has 0 aliphatic carbocycles. The molecule has 0 saturated heterocycles. The molecule has 0 atom stereocenters. The van der Waals surface area contributed by atoms with E-state index in [1.165, 1.54) is 3.57 Å². The lowest BCUT2D eigenvalue weighted by atomic mass is 10.2. The highest BCUT2D eigenvalue weighted by molar-refractivity contribution is 9.10. The zero-order valence-corrected chi connectivity index (χ0v) is 12.4. The van der Waals surface area contributed by atoms with Gasteiger partial charge in [0.2, 0.25) is 3.57 Å². The van der Waals surface area contributed by atoms with Crippen molar-refractivity contribution >= 4 is 21.9 Å². The predicted molar refractivity (Wildman–Crippen MR) is 62.3 cm³/mol. The molecule has 0 bridgehead atoms. The average Bonchev–Trinajstić information content (AvgIpc) is 2.30. The highest BCUT2D eigenvalue weighted by atomic mass is 127. The molecule has 0 saturated carbocycles. The molecule has 0 unspecified atom stereocenters. The second kappa shape index (κ2) is 5.64. The van der Waals surface area contributed by atoms with E-state index in [0.29, 0.717) is 5.56 Å². The molecule has 2 rings (SSSR count). The van der Waals surface area contributed by atoms with Crippen molar-refractivity contribution in [2.45, 2.75) is 0 Å². The zero-order valence-electron chi connectivity index (χ0n) is 8.69. The highest BCUT2D eigenvalue weighted by Gasteiger charge is 2.20. The average molecular weight is 403 g/mol. The van der Waals surface area contributed by atoms with E-state index in [1.54, 1.807) is 12.1 Å². The van der Waals surface area contributed by atoms with Crippen LogP contribution in [0.2, 0.25) is 0 Å².